The fourth-order valence-electron chi connectivity index (χ4n) is 4.16. The van der Waals surface area contributed by atoms with Gasteiger partial charge in [0.2, 0.25) is 5.91 Å². The average Bonchev–Trinajstić information content (AvgIpc) is 3.44. The number of hydrogen-bond acceptors (Lipinski definition) is 9. The smallest absolute Gasteiger partial charge is 0.271 e. The zero-order valence-corrected chi connectivity index (χ0v) is 25.1. The van der Waals surface area contributed by atoms with Crippen LogP contribution in [-0.2, 0) is 14.8 Å². The highest BCUT2D eigenvalue weighted by atomic mass is 32.2. The van der Waals surface area contributed by atoms with Gasteiger partial charge in [-0.15, -0.1) is 10.2 Å². The molecule has 1 amide bonds. The number of sulfonamides is 1. The minimum absolute atomic E-state index is 0.0449. The number of rotatable bonds is 11. The number of anilines is 2. The van der Waals surface area contributed by atoms with Crippen molar-refractivity contribution in [2.24, 2.45) is 0 Å². The summed E-state index contributed by atoms with van der Waals surface area (Å²) in [6.45, 7) is 1.88. The number of carbonyl (C=O) groups excluding carboxylic acids is 1. The summed E-state index contributed by atoms with van der Waals surface area (Å²) in [5.74, 6) is 0.687. The number of nitrogens with zero attached hydrogens (tertiary/aromatic N) is 4. The van der Waals surface area contributed by atoms with Gasteiger partial charge in [0.15, 0.2) is 11.0 Å². The van der Waals surface area contributed by atoms with Crippen molar-refractivity contribution in [3.63, 3.8) is 0 Å². The van der Waals surface area contributed by atoms with E-state index in [1.807, 2.05) is 19.1 Å². The third kappa shape index (κ3) is 7.04. The fraction of sp³-hybridized carbons (Fsp3) is 0.100. The Morgan fingerprint density at radius 1 is 0.955 bits per heavy atom. The topological polar surface area (TPSA) is 158 Å². The van der Waals surface area contributed by atoms with Gasteiger partial charge in [0.25, 0.3) is 15.7 Å². The van der Waals surface area contributed by atoms with Gasteiger partial charge in [-0.3, -0.25) is 24.2 Å². The van der Waals surface area contributed by atoms with E-state index in [-0.39, 0.29) is 22.2 Å². The standard InChI is InChI=1S/C30H26N6O6S2/c1-20-6-16-27(17-7-20)44(40,41)34-22-10-8-21(9-11-22)29-32-33-30(35(29)24-12-14-26(42-2)15-13-24)43-19-28(37)31-23-4-3-5-25(18-23)36(38)39/h3-18,34H,19H2,1-2H3,(H,31,37). The van der Waals surface area contributed by atoms with E-state index in [9.17, 15) is 23.3 Å². The number of non-ortho nitro benzene ring substituents is 1. The quantitative estimate of drug-likeness (QED) is 0.106. The van der Waals surface area contributed by atoms with Crippen LogP contribution in [0, 0.1) is 17.0 Å². The minimum atomic E-state index is -3.78. The van der Waals surface area contributed by atoms with E-state index < -0.39 is 14.9 Å². The van der Waals surface area contributed by atoms with Crippen molar-refractivity contribution in [2.45, 2.75) is 17.0 Å². The Kier molecular flexibility index (Phi) is 8.92. The molecular formula is C30H26N6O6S2. The van der Waals surface area contributed by atoms with Crippen molar-refractivity contribution >= 4 is 44.8 Å². The number of nitro groups is 1. The number of ether oxygens (including phenoxy) is 1. The first-order chi connectivity index (χ1) is 21.1. The highest BCUT2D eigenvalue weighted by Crippen LogP contribution is 2.30. The summed E-state index contributed by atoms with van der Waals surface area (Å²) >= 11 is 1.14. The van der Waals surface area contributed by atoms with Gasteiger partial charge < -0.3 is 10.1 Å². The van der Waals surface area contributed by atoms with Crippen LogP contribution in [0.4, 0.5) is 17.1 Å². The van der Waals surface area contributed by atoms with E-state index in [0.29, 0.717) is 39.4 Å². The normalized spacial score (nSPS) is 11.1. The highest BCUT2D eigenvalue weighted by Gasteiger charge is 2.19. The van der Waals surface area contributed by atoms with E-state index in [0.717, 1.165) is 17.3 Å². The molecule has 12 nitrogen and oxygen atoms in total. The van der Waals surface area contributed by atoms with Crippen molar-refractivity contribution in [2.75, 3.05) is 22.9 Å². The largest absolute Gasteiger partial charge is 0.497 e. The Morgan fingerprint density at radius 2 is 1.66 bits per heavy atom. The second-order valence-electron chi connectivity index (χ2n) is 9.48. The van der Waals surface area contributed by atoms with Crippen molar-refractivity contribution in [1.29, 1.82) is 0 Å². The SMILES string of the molecule is COc1ccc(-n2c(SCC(=O)Nc3cccc([N+](=O)[O-])c3)nnc2-c2ccc(NS(=O)(=O)c3ccc(C)cc3)cc2)cc1. The van der Waals surface area contributed by atoms with Crippen LogP contribution in [0.15, 0.2) is 107 Å². The van der Waals surface area contributed by atoms with Gasteiger partial charge in [-0.25, -0.2) is 8.42 Å². The zero-order chi connectivity index (χ0) is 31.3. The molecule has 0 saturated carbocycles. The van der Waals surface area contributed by atoms with Crippen molar-refractivity contribution in [3.05, 3.63) is 113 Å². The molecule has 1 aromatic heterocycles. The minimum Gasteiger partial charge on any atom is -0.497 e. The Labute approximate surface area is 257 Å². The molecule has 0 aliphatic carbocycles. The maximum absolute atomic E-state index is 12.8. The predicted molar refractivity (Wildman–Crippen MR) is 168 cm³/mol. The second kappa shape index (κ2) is 13.0. The van der Waals surface area contributed by atoms with Crippen LogP contribution in [-0.4, -0.2) is 46.9 Å². The first kappa shape index (κ1) is 30.3. The molecule has 2 N–H and O–H groups in total. The molecular weight excluding hydrogens is 604 g/mol. The lowest BCUT2D eigenvalue weighted by Crippen LogP contribution is -2.14. The van der Waals surface area contributed by atoms with Crippen molar-refractivity contribution in [3.8, 4) is 22.8 Å². The molecule has 0 unspecified atom stereocenters. The summed E-state index contributed by atoms with van der Waals surface area (Å²) in [5.41, 5.74) is 2.86. The molecule has 44 heavy (non-hydrogen) atoms. The van der Waals surface area contributed by atoms with Gasteiger partial charge in [0.1, 0.15) is 5.75 Å². The van der Waals surface area contributed by atoms with Crippen LogP contribution in [0.25, 0.3) is 17.1 Å². The lowest BCUT2D eigenvalue weighted by molar-refractivity contribution is -0.384. The van der Waals surface area contributed by atoms with Crippen molar-refractivity contribution < 1.29 is 22.9 Å². The van der Waals surface area contributed by atoms with Crippen LogP contribution >= 0.6 is 11.8 Å². The number of hydrogen-bond donors (Lipinski definition) is 2. The highest BCUT2D eigenvalue weighted by molar-refractivity contribution is 7.99. The molecule has 0 aliphatic rings. The zero-order valence-electron chi connectivity index (χ0n) is 23.5. The molecule has 0 bridgehead atoms. The first-order valence-electron chi connectivity index (χ1n) is 13.1. The fourth-order valence-corrected chi connectivity index (χ4v) is 5.97. The predicted octanol–water partition coefficient (Wildman–Crippen LogP) is 5.69. The molecule has 0 radical (unpaired) electrons. The lowest BCUT2D eigenvalue weighted by Gasteiger charge is -2.12. The first-order valence-corrected chi connectivity index (χ1v) is 15.6. The van der Waals surface area contributed by atoms with Gasteiger partial charge in [-0.2, -0.15) is 0 Å². The summed E-state index contributed by atoms with van der Waals surface area (Å²) in [5, 5.41) is 22.8. The Morgan fingerprint density at radius 3 is 2.32 bits per heavy atom. The van der Waals surface area contributed by atoms with Gasteiger partial charge in [0, 0.05) is 34.8 Å². The Bertz CT molecular complexity index is 1910. The van der Waals surface area contributed by atoms with E-state index in [1.54, 1.807) is 78.4 Å². The van der Waals surface area contributed by atoms with Gasteiger partial charge in [0.05, 0.1) is 22.7 Å². The molecule has 4 aromatic carbocycles. The summed E-state index contributed by atoms with van der Waals surface area (Å²) in [7, 11) is -2.21. The van der Waals surface area contributed by atoms with Crippen LogP contribution in [0.1, 0.15) is 5.56 Å². The summed E-state index contributed by atoms with van der Waals surface area (Å²) in [6, 6.07) is 26.2. The molecule has 14 heteroatoms. The molecule has 224 valence electrons. The monoisotopic (exact) mass is 630 g/mol. The number of nitrogens with one attached hydrogen (secondary N) is 2. The van der Waals surface area contributed by atoms with Gasteiger partial charge in [-0.1, -0.05) is 35.5 Å². The van der Waals surface area contributed by atoms with Crippen LogP contribution < -0.4 is 14.8 Å². The number of benzene rings is 4. The van der Waals surface area contributed by atoms with Crippen LogP contribution in [0.2, 0.25) is 0 Å². The summed E-state index contributed by atoms with van der Waals surface area (Å²) < 4.78 is 35.3. The number of nitro benzene ring substituents is 1. The summed E-state index contributed by atoms with van der Waals surface area (Å²) in [6.07, 6.45) is 0. The van der Waals surface area contributed by atoms with Crippen LogP contribution in [0.3, 0.4) is 0 Å². The number of methoxy groups -OCH3 is 1. The summed E-state index contributed by atoms with van der Waals surface area (Å²) in [4.78, 5) is 23.4. The number of amides is 1. The van der Waals surface area contributed by atoms with E-state index in [4.69, 9.17) is 4.74 Å². The Hall–Kier alpha value is -5.21. The van der Waals surface area contributed by atoms with Crippen molar-refractivity contribution in [1.82, 2.24) is 14.8 Å². The van der Waals surface area contributed by atoms with Crippen LogP contribution in [0.5, 0.6) is 5.75 Å². The number of aromatic nitrogens is 3. The van der Waals surface area contributed by atoms with Gasteiger partial charge in [-0.05, 0) is 73.7 Å². The molecule has 0 spiro atoms. The molecule has 0 atom stereocenters. The number of aryl methyl sites for hydroxylation is 1. The Balaban J connectivity index is 1.38. The van der Waals surface area contributed by atoms with E-state index in [2.05, 4.69) is 20.2 Å². The second-order valence-corrected chi connectivity index (χ2v) is 12.1. The molecule has 0 aliphatic heterocycles. The van der Waals surface area contributed by atoms with E-state index >= 15 is 0 Å². The molecule has 0 saturated heterocycles. The maximum atomic E-state index is 12.8. The maximum Gasteiger partial charge on any atom is 0.271 e. The molecule has 1 heterocycles. The number of thioether (sulfide) groups is 1. The molecule has 0 fully saturated rings. The molecule has 5 rings (SSSR count). The number of carbonyl (C=O) groups is 1. The average molecular weight is 631 g/mol. The molecule has 5 aromatic rings. The lowest BCUT2D eigenvalue weighted by atomic mass is 10.2. The van der Waals surface area contributed by atoms with E-state index in [1.165, 1.54) is 18.2 Å². The third-order valence-electron chi connectivity index (χ3n) is 6.36. The van der Waals surface area contributed by atoms with Gasteiger partial charge >= 0.3 is 0 Å². The third-order valence-corrected chi connectivity index (χ3v) is 8.69.